The van der Waals surface area contributed by atoms with Crippen molar-refractivity contribution in [1.82, 2.24) is 14.5 Å². The predicted molar refractivity (Wildman–Crippen MR) is 83.0 cm³/mol. The van der Waals surface area contributed by atoms with Gasteiger partial charge in [-0.1, -0.05) is 23.7 Å². The maximum atomic E-state index is 12.6. The molecule has 1 aromatic carbocycles. The van der Waals surface area contributed by atoms with E-state index in [1.54, 1.807) is 25.1 Å². The lowest BCUT2D eigenvalue weighted by Gasteiger charge is -2.24. The zero-order valence-electron chi connectivity index (χ0n) is 11.5. The Morgan fingerprint density at radius 3 is 2.76 bits per heavy atom. The topological polar surface area (TPSA) is 66.1 Å². The largest absolute Gasteiger partial charge is 0.266 e. The van der Waals surface area contributed by atoms with Crippen molar-refractivity contribution in [1.29, 1.82) is 0 Å². The molecule has 0 fully saturated rings. The highest BCUT2D eigenvalue weighted by Crippen LogP contribution is 2.28. The molecule has 0 spiro atoms. The molecular formula is C13H15Cl2N3O2S. The number of aromatic nitrogens is 2. The van der Waals surface area contributed by atoms with E-state index in [4.69, 9.17) is 23.2 Å². The lowest BCUT2D eigenvalue weighted by molar-refractivity contribution is 0.396. The third kappa shape index (κ3) is 3.23. The van der Waals surface area contributed by atoms with Crippen LogP contribution in [-0.4, -0.2) is 30.0 Å². The lowest BCUT2D eigenvalue weighted by Crippen LogP contribution is -2.30. The highest BCUT2D eigenvalue weighted by Gasteiger charge is 2.29. The number of hydrogen-bond acceptors (Lipinski definition) is 3. The van der Waals surface area contributed by atoms with E-state index in [0.717, 1.165) is 5.56 Å². The molecule has 0 amide bonds. The minimum Gasteiger partial charge on any atom is -0.266 e. The first kappa shape index (κ1) is 16.3. The van der Waals surface area contributed by atoms with Gasteiger partial charge in [0.05, 0.1) is 12.1 Å². The van der Waals surface area contributed by atoms with Crippen molar-refractivity contribution >= 4 is 33.2 Å². The summed E-state index contributed by atoms with van der Waals surface area (Å²) < 4.78 is 26.5. The number of sulfonamides is 1. The molecule has 1 unspecified atom stereocenters. The molecule has 0 aliphatic carbocycles. The van der Waals surface area contributed by atoms with Gasteiger partial charge in [0.25, 0.3) is 10.0 Å². The molecule has 2 rings (SSSR count). The van der Waals surface area contributed by atoms with Gasteiger partial charge in [-0.15, -0.1) is 11.6 Å². The molecule has 0 aliphatic heterocycles. The van der Waals surface area contributed by atoms with Crippen LogP contribution in [0.25, 0.3) is 0 Å². The zero-order chi connectivity index (χ0) is 15.6. The normalized spacial score (nSPS) is 13.6. The van der Waals surface area contributed by atoms with E-state index in [-0.39, 0.29) is 16.9 Å². The van der Waals surface area contributed by atoms with Gasteiger partial charge in [0.1, 0.15) is 0 Å². The van der Waals surface area contributed by atoms with Crippen LogP contribution < -0.4 is 0 Å². The molecule has 114 valence electrons. The molecule has 8 heteroatoms. The first-order valence-corrected chi connectivity index (χ1v) is 8.55. The summed E-state index contributed by atoms with van der Waals surface area (Å²) in [6.45, 7) is 1.79. The van der Waals surface area contributed by atoms with E-state index >= 15 is 0 Å². The van der Waals surface area contributed by atoms with Crippen LogP contribution >= 0.6 is 23.2 Å². The average molecular weight is 348 g/mol. The van der Waals surface area contributed by atoms with Crippen LogP contribution in [0.1, 0.15) is 24.1 Å². The minimum atomic E-state index is -3.71. The summed E-state index contributed by atoms with van der Waals surface area (Å²) in [5.41, 5.74) is 1.25. The molecule has 1 atom stereocenters. The fourth-order valence-corrected chi connectivity index (χ4v) is 3.88. The molecule has 0 bridgehead atoms. The van der Waals surface area contributed by atoms with Crippen LogP contribution in [-0.2, 0) is 15.9 Å². The van der Waals surface area contributed by atoms with Crippen molar-refractivity contribution < 1.29 is 8.42 Å². The van der Waals surface area contributed by atoms with Crippen molar-refractivity contribution in [3.63, 3.8) is 0 Å². The molecule has 2 aromatic rings. The summed E-state index contributed by atoms with van der Waals surface area (Å²) in [7, 11) is -2.20. The van der Waals surface area contributed by atoms with Gasteiger partial charge in [-0.25, -0.2) is 8.42 Å². The Balaban J connectivity index is 2.36. The summed E-state index contributed by atoms with van der Waals surface area (Å²) in [4.78, 5) is 0. The number of H-pyrrole nitrogens is 1. The molecule has 1 heterocycles. The Hall–Kier alpha value is -1.08. The highest BCUT2D eigenvalue weighted by molar-refractivity contribution is 7.89. The third-order valence-electron chi connectivity index (χ3n) is 3.34. The summed E-state index contributed by atoms with van der Waals surface area (Å²) in [6.07, 6.45) is 1.41. The SMILES string of the molecule is CC(c1cccc(Cl)c1)N(C)S(=O)(=O)c1[nH]ncc1CCl. The van der Waals surface area contributed by atoms with Crippen LogP contribution in [0.4, 0.5) is 0 Å². The van der Waals surface area contributed by atoms with Gasteiger partial charge in [-0.2, -0.15) is 9.40 Å². The van der Waals surface area contributed by atoms with Crippen molar-refractivity contribution in [3.05, 3.63) is 46.6 Å². The van der Waals surface area contributed by atoms with Crippen LogP contribution in [0.3, 0.4) is 0 Å². The van der Waals surface area contributed by atoms with Crippen molar-refractivity contribution in [2.24, 2.45) is 0 Å². The molecule has 0 radical (unpaired) electrons. The standard InChI is InChI=1S/C13H15Cl2N3O2S/c1-9(10-4-3-5-12(15)6-10)18(2)21(19,20)13-11(7-14)8-16-17-13/h3-6,8-9H,7H2,1-2H3,(H,16,17). The number of halogens is 2. The highest BCUT2D eigenvalue weighted by atomic mass is 35.5. The lowest BCUT2D eigenvalue weighted by atomic mass is 10.1. The molecule has 0 aliphatic rings. The number of nitrogens with one attached hydrogen (secondary N) is 1. The fraction of sp³-hybridized carbons (Fsp3) is 0.308. The Kier molecular flexibility index (Phi) is 4.93. The third-order valence-corrected chi connectivity index (χ3v) is 5.80. The second kappa shape index (κ2) is 6.36. The molecule has 21 heavy (non-hydrogen) atoms. The second-order valence-electron chi connectivity index (χ2n) is 4.61. The molecule has 1 aromatic heterocycles. The van der Waals surface area contributed by atoms with E-state index in [0.29, 0.717) is 10.6 Å². The summed E-state index contributed by atoms with van der Waals surface area (Å²) >= 11 is 11.7. The monoisotopic (exact) mass is 347 g/mol. The predicted octanol–water partition coefficient (Wildman–Crippen LogP) is 3.18. The zero-order valence-corrected chi connectivity index (χ0v) is 13.9. The van der Waals surface area contributed by atoms with E-state index in [2.05, 4.69) is 10.2 Å². The van der Waals surface area contributed by atoms with E-state index in [1.807, 2.05) is 6.07 Å². The smallest absolute Gasteiger partial charge is 0.260 e. The van der Waals surface area contributed by atoms with Gasteiger partial charge in [-0.3, -0.25) is 5.10 Å². The number of rotatable bonds is 5. The first-order chi connectivity index (χ1) is 9.87. The van der Waals surface area contributed by atoms with E-state index < -0.39 is 10.0 Å². The Morgan fingerprint density at radius 2 is 2.14 bits per heavy atom. The summed E-state index contributed by atoms with van der Waals surface area (Å²) in [5, 5.41) is 6.84. The van der Waals surface area contributed by atoms with Crippen molar-refractivity contribution in [2.45, 2.75) is 23.9 Å². The maximum absolute atomic E-state index is 12.6. The van der Waals surface area contributed by atoms with Crippen LogP contribution in [0, 0.1) is 0 Å². The van der Waals surface area contributed by atoms with E-state index in [9.17, 15) is 8.42 Å². The van der Waals surface area contributed by atoms with Gasteiger partial charge < -0.3 is 0 Å². The molecule has 0 saturated heterocycles. The number of alkyl halides is 1. The van der Waals surface area contributed by atoms with Crippen LogP contribution in [0.5, 0.6) is 0 Å². The quantitative estimate of drug-likeness (QED) is 0.844. The number of benzene rings is 1. The number of hydrogen-bond donors (Lipinski definition) is 1. The first-order valence-electron chi connectivity index (χ1n) is 6.19. The van der Waals surface area contributed by atoms with Crippen LogP contribution in [0.15, 0.2) is 35.5 Å². The van der Waals surface area contributed by atoms with Gasteiger partial charge in [0.15, 0.2) is 5.03 Å². The molecular weight excluding hydrogens is 333 g/mol. The Morgan fingerprint density at radius 1 is 1.43 bits per heavy atom. The van der Waals surface area contributed by atoms with Gasteiger partial charge in [-0.05, 0) is 24.6 Å². The summed E-state index contributed by atoms with van der Waals surface area (Å²) in [5.74, 6) is 0.0739. The molecule has 0 saturated carbocycles. The Bertz CT molecular complexity index is 731. The average Bonchev–Trinajstić information content (AvgIpc) is 2.95. The second-order valence-corrected chi connectivity index (χ2v) is 7.25. The number of nitrogens with zero attached hydrogens (tertiary/aromatic N) is 2. The minimum absolute atomic E-state index is 0.0221. The van der Waals surface area contributed by atoms with Crippen LogP contribution in [0.2, 0.25) is 5.02 Å². The maximum Gasteiger partial charge on any atom is 0.260 e. The van der Waals surface area contributed by atoms with Crippen molar-refractivity contribution in [2.75, 3.05) is 7.05 Å². The Labute approximate surface area is 133 Å². The number of aromatic amines is 1. The van der Waals surface area contributed by atoms with Crippen molar-refractivity contribution in [3.8, 4) is 0 Å². The molecule has 5 nitrogen and oxygen atoms in total. The van der Waals surface area contributed by atoms with E-state index in [1.165, 1.54) is 17.5 Å². The fourth-order valence-electron chi connectivity index (χ4n) is 1.95. The summed E-state index contributed by atoms with van der Waals surface area (Å²) in [6, 6.07) is 6.73. The van der Waals surface area contributed by atoms with Gasteiger partial charge in [0.2, 0.25) is 0 Å². The molecule has 1 N–H and O–H groups in total. The van der Waals surface area contributed by atoms with Gasteiger partial charge in [0, 0.05) is 23.7 Å². The van der Waals surface area contributed by atoms with Gasteiger partial charge >= 0.3 is 0 Å².